The highest BCUT2D eigenvalue weighted by Gasteiger charge is 2.23. The number of amides is 2. The Balaban J connectivity index is 1.59. The molecule has 154 valence electrons. The Kier molecular flexibility index (Phi) is 6.57. The van der Waals surface area contributed by atoms with E-state index in [4.69, 9.17) is 0 Å². The van der Waals surface area contributed by atoms with Crippen molar-refractivity contribution in [1.82, 2.24) is 10.2 Å². The van der Waals surface area contributed by atoms with E-state index in [0.29, 0.717) is 36.7 Å². The molecule has 1 aliphatic rings. The van der Waals surface area contributed by atoms with Crippen LogP contribution >= 0.6 is 0 Å². The summed E-state index contributed by atoms with van der Waals surface area (Å²) in [6, 6.07) is 13.3. The van der Waals surface area contributed by atoms with Crippen molar-refractivity contribution in [1.29, 1.82) is 0 Å². The number of aryl methyl sites for hydroxylation is 1. The first-order valence-electron chi connectivity index (χ1n) is 10.4. The third-order valence-electron chi connectivity index (χ3n) is 5.55. The molecule has 0 saturated carbocycles. The minimum Gasteiger partial charge on any atom is -0.368 e. The predicted octanol–water partition coefficient (Wildman–Crippen LogP) is 3.65. The van der Waals surface area contributed by atoms with Gasteiger partial charge in [-0.05, 0) is 61.2 Å². The Bertz CT molecular complexity index is 866. The fraction of sp³-hybridized carbons (Fsp3) is 0.417. The van der Waals surface area contributed by atoms with Crippen LogP contribution in [-0.4, -0.2) is 49.4 Å². The minimum atomic E-state index is -0.0974. The molecule has 1 fully saturated rings. The van der Waals surface area contributed by atoms with E-state index in [1.54, 1.807) is 24.3 Å². The molecule has 0 aliphatic carbocycles. The van der Waals surface area contributed by atoms with Gasteiger partial charge in [-0.3, -0.25) is 9.59 Å². The molecule has 1 heterocycles. The average molecular weight is 394 g/mol. The molecule has 29 heavy (non-hydrogen) atoms. The number of anilines is 1. The number of hydrogen-bond donors (Lipinski definition) is 1. The lowest BCUT2D eigenvalue weighted by molar-refractivity contribution is 0.0746. The summed E-state index contributed by atoms with van der Waals surface area (Å²) in [6.07, 6.45) is 0. The molecule has 0 aromatic heterocycles. The summed E-state index contributed by atoms with van der Waals surface area (Å²) in [4.78, 5) is 29.3. The maximum Gasteiger partial charge on any atom is 0.253 e. The lowest BCUT2D eigenvalue weighted by Crippen LogP contribution is -2.49. The molecule has 2 amide bonds. The van der Waals surface area contributed by atoms with Gasteiger partial charge in [0, 0.05) is 49.5 Å². The van der Waals surface area contributed by atoms with Crippen LogP contribution < -0.4 is 10.2 Å². The summed E-state index contributed by atoms with van der Waals surface area (Å²) in [5.74, 6) is 0.335. The number of carbonyl (C=O) groups excluding carboxylic acids is 2. The van der Waals surface area contributed by atoms with E-state index in [1.165, 1.54) is 16.8 Å². The van der Waals surface area contributed by atoms with E-state index >= 15 is 0 Å². The van der Waals surface area contributed by atoms with Gasteiger partial charge in [-0.25, -0.2) is 0 Å². The number of nitrogens with zero attached hydrogens (tertiary/aromatic N) is 2. The number of benzene rings is 2. The quantitative estimate of drug-likeness (QED) is 0.844. The van der Waals surface area contributed by atoms with Crippen LogP contribution in [-0.2, 0) is 0 Å². The van der Waals surface area contributed by atoms with Crippen molar-refractivity contribution in [2.75, 3.05) is 37.6 Å². The van der Waals surface area contributed by atoms with Crippen molar-refractivity contribution in [3.05, 3.63) is 64.7 Å². The normalized spacial score (nSPS) is 14.2. The third-order valence-corrected chi connectivity index (χ3v) is 5.55. The predicted molar refractivity (Wildman–Crippen MR) is 118 cm³/mol. The molecule has 3 rings (SSSR count). The van der Waals surface area contributed by atoms with E-state index < -0.39 is 0 Å². The Morgan fingerprint density at radius 2 is 1.55 bits per heavy atom. The van der Waals surface area contributed by atoms with E-state index in [1.807, 2.05) is 4.90 Å². The zero-order chi connectivity index (χ0) is 21.0. The van der Waals surface area contributed by atoms with Crippen molar-refractivity contribution in [3.8, 4) is 0 Å². The van der Waals surface area contributed by atoms with E-state index in [2.05, 4.69) is 56.1 Å². The molecule has 0 bridgehead atoms. The topological polar surface area (TPSA) is 52.7 Å². The van der Waals surface area contributed by atoms with Gasteiger partial charge < -0.3 is 15.1 Å². The molecule has 2 aromatic carbocycles. The number of rotatable bonds is 5. The standard InChI is InChI=1S/C24H31N3O2/c1-17(2)16-25-23(28)20-8-10-21(11-9-20)24(29)27-14-12-26(13-15-27)22-7-5-6-18(3)19(22)4/h5-11,17H,12-16H2,1-4H3,(H,25,28). The first kappa shape index (κ1) is 20.9. The second kappa shape index (κ2) is 9.12. The highest BCUT2D eigenvalue weighted by molar-refractivity contribution is 5.97. The molecule has 5 heteroatoms. The summed E-state index contributed by atoms with van der Waals surface area (Å²) in [6.45, 7) is 12.1. The summed E-state index contributed by atoms with van der Waals surface area (Å²) < 4.78 is 0. The van der Waals surface area contributed by atoms with E-state index in [0.717, 1.165) is 13.1 Å². The average Bonchev–Trinajstić information content (AvgIpc) is 2.73. The fourth-order valence-electron chi connectivity index (χ4n) is 3.57. The second-order valence-electron chi connectivity index (χ2n) is 8.18. The highest BCUT2D eigenvalue weighted by Crippen LogP contribution is 2.24. The van der Waals surface area contributed by atoms with Crippen molar-refractivity contribution in [3.63, 3.8) is 0 Å². The van der Waals surface area contributed by atoms with Gasteiger partial charge in [0.2, 0.25) is 0 Å². The molecule has 1 N–H and O–H groups in total. The molecule has 0 radical (unpaired) electrons. The van der Waals surface area contributed by atoms with Gasteiger partial charge in [-0.15, -0.1) is 0 Å². The highest BCUT2D eigenvalue weighted by atomic mass is 16.2. The number of nitrogens with one attached hydrogen (secondary N) is 1. The Morgan fingerprint density at radius 3 is 2.17 bits per heavy atom. The molecule has 5 nitrogen and oxygen atoms in total. The van der Waals surface area contributed by atoms with Gasteiger partial charge in [0.15, 0.2) is 0 Å². The van der Waals surface area contributed by atoms with Gasteiger partial charge in [-0.2, -0.15) is 0 Å². The number of carbonyl (C=O) groups is 2. The van der Waals surface area contributed by atoms with Crippen LogP contribution in [0.1, 0.15) is 45.7 Å². The summed E-state index contributed by atoms with van der Waals surface area (Å²) in [7, 11) is 0. The lowest BCUT2D eigenvalue weighted by Gasteiger charge is -2.37. The zero-order valence-electron chi connectivity index (χ0n) is 17.9. The minimum absolute atomic E-state index is 0.0275. The van der Waals surface area contributed by atoms with Crippen LogP contribution in [0.4, 0.5) is 5.69 Å². The molecular formula is C24H31N3O2. The molecule has 0 spiro atoms. The SMILES string of the molecule is Cc1cccc(N2CCN(C(=O)c3ccc(C(=O)NCC(C)C)cc3)CC2)c1C. The van der Waals surface area contributed by atoms with Crippen molar-refractivity contribution in [2.24, 2.45) is 5.92 Å². The largest absolute Gasteiger partial charge is 0.368 e. The third kappa shape index (κ3) is 4.97. The monoisotopic (exact) mass is 393 g/mol. The Morgan fingerprint density at radius 1 is 0.931 bits per heavy atom. The van der Waals surface area contributed by atoms with Crippen LogP contribution in [0.2, 0.25) is 0 Å². The van der Waals surface area contributed by atoms with Gasteiger partial charge >= 0.3 is 0 Å². The number of piperazine rings is 1. The fourth-order valence-corrected chi connectivity index (χ4v) is 3.57. The molecular weight excluding hydrogens is 362 g/mol. The van der Waals surface area contributed by atoms with Crippen LogP contribution in [0.15, 0.2) is 42.5 Å². The van der Waals surface area contributed by atoms with Crippen molar-refractivity contribution < 1.29 is 9.59 Å². The van der Waals surface area contributed by atoms with Crippen LogP contribution in [0, 0.1) is 19.8 Å². The first-order valence-corrected chi connectivity index (χ1v) is 10.4. The van der Waals surface area contributed by atoms with Crippen LogP contribution in [0.5, 0.6) is 0 Å². The van der Waals surface area contributed by atoms with Gasteiger partial charge in [-0.1, -0.05) is 26.0 Å². The smallest absolute Gasteiger partial charge is 0.253 e. The molecule has 1 aliphatic heterocycles. The lowest BCUT2D eigenvalue weighted by atomic mass is 10.1. The van der Waals surface area contributed by atoms with Crippen LogP contribution in [0.25, 0.3) is 0 Å². The Hall–Kier alpha value is -2.82. The molecule has 0 atom stereocenters. The summed E-state index contributed by atoms with van der Waals surface area (Å²) >= 11 is 0. The Labute approximate surface area is 173 Å². The second-order valence-corrected chi connectivity index (χ2v) is 8.18. The maximum absolute atomic E-state index is 12.9. The first-order chi connectivity index (χ1) is 13.9. The van der Waals surface area contributed by atoms with Crippen LogP contribution in [0.3, 0.4) is 0 Å². The van der Waals surface area contributed by atoms with Gasteiger partial charge in [0.1, 0.15) is 0 Å². The van der Waals surface area contributed by atoms with E-state index in [9.17, 15) is 9.59 Å². The van der Waals surface area contributed by atoms with E-state index in [-0.39, 0.29) is 11.8 Å². The molecule has 1 saturated heterocycles. The summed E-state index contributed by atoms with van der Waals surface area (Å²) in [5.41, 5.74) is 5.07. The number of hydrogen-bond acceptors (Lipinski definition) is 3. The van der Waals surface area contributed by atoms with Gasteiger partial charge in [0.05, 0.1) is 0 Å². The van der Waals surface area contributed by atoms with Gasteiger partial charge in [0.25, 0.3) is 11.8 Å². The summed E-state index contributed by atoms with van der Waals surface area (Å²) in [5, 5.41) is 2.90. The zero-order valence-corrected chi connectivity index (χ0v) is 17.9. The van der Waals surface area contributed by atoms with Crippen molar-refractivity contribution >= 4 is 17.5 Å². The molecule has 2 aromatic rings. The maximum atomic E-state index is 12.9. The molecule has 0 unspecified atom stereocenters. The van der Waals surface area contributed by atoms with Crippen molar-refractivity contribution in [2.45, 2.75) is 27.7 Å².